The fraction of sp³-hybridized carbons (Fsp3) is 0.778. The standard InChI is InChI=1S/C9H16N2O3.ClH/c1-9(2,8(13)14-3)11-7(12)6-4-10-5-6;/h6,10H,4-5H2,1-3H3,(H,11,12);1H. The summed E-state index contributed by atoms with van der Waals surface area (Å²) in [5.41, 5.74) is -0.943. The van der Waals surface area contributed by atoms with Gasteiger partial charge in [0, 0.05) is 13.1 Å². The molecule has 6 heteroatoms. The second kappa shape index (κ2) is 5.32. The Kier molecular flexibility index (Phi) is 5.03. The van der Waals surface area contributed by atoms with E-state index in [2.05, 4.69) is 15.4 Å². The zero-order valence-electron chi connectivity index (χ0n) is 9.12. The van der Waals surface area contributed by atoms with Crippen LogP contribution in [0.1, 0.15) is 13.8 Å². The second-order valence-corrected chi connectivity index (χ2v) is 3.96. The van der Waals surface area contributed by atoms with Crippen molar-refractivity contribution in [3.63, 3.8) is 0 Å². The molecule has 0 bridgehead atoms. The minimum Gasteiger partial charge on any atom is -0.467 e. The number of carbonyl (C=O) groups is 2. The molecule has 0 saturated carbocycles. The molecule has 1 aliphatic heterocycles. The Hall–Kier alpha value is -0.810. The van der Waals surface area contributed by atoms with Crippen LogP contribution in [0.5, 0.6) is 0 Å². The molecular weight excluding hydrogens is 220 g/mol. The topological polar surface area (TPSA) is 67.4 Å². The first-order valence-corrected chi connectivity index (χ1v) is 4.58. The van der Waals surface area contributed by atoms with Crippen LogP contribution in [0.15, 0.2) is 0 Å². The Morgan fingerprint density at radius 3 is 2.27 bits per heavy atom. The summed E-state index contributed by atoms with van der Waals surface area (Å²) in [4.78, 5) is 22.7. The van der Waals surface area contributed by atoms with Gasteiger partial charge in [-0.05, 0) is 13.8 Å². The number of esters is 1. The number of methoxy groups -OCH3 is 1. The lowest BCUT2D eigenvalue weighted by molar-refractivity contribution is -0.150. The van der Waals surface area contributed by atoms with Crippen LogP contribution in [0, 0.1) is 5.92 Å². The predicted octanol–water partition coefficient (Wildman–Crippen LogP) is -0.305. The van der Waals surface area contributed by atoms with Crippen molar-refractivity contribution in [2.45, 2.75) is 19.4 Å². The van der Waals surface area contributed by atoms with E-state index < -0.39 is 11.5 Å². The zero-order chi connectivity index (χ0) is 10.8. The Labute approximate surface area is 95.3 Å². The Bertz CT molecular complexity index is 252. The molecule has 0 aromatic carbocycles. The van der Waals surface area contributed by atoms with Crippen LogP contribution in [0.3, 0.4) is 0 Å². The fourth-order valence-electron chi connectivity index (χ4n) is 1.19. The maximum absolute atomic E-state index is 11.5. The molecule has 0 aliphatic carbocycles. The van der Waals surface area contributed by atoms with Gasteiger partial charge < -0.3 is 15.4 Å². The van der Waals surface area contributed by atoms with Gasteiger partial charge in [0.25, 0.3) is 0 Å². The summed E-state index contributed by atoms with van der Waals surface area (Å²) in [5.74, 6) is -0.545. The van der Waals surface area contributed by atoms with Gasteiger partial charge >= 0.3 is 5.97 Å². The molecule has 1 fully saturated rings. The lowest BCUT2D eigenvalue weighted by atomic mass is 9.99. The maximum atomic E-state index is 11.5. The lowest BCUT2D eigenvalue weighted by Crippen LogP contribution is -2.58. The molecule has 0 unspecified atom stereocenters. The SMILES string of the molecule is COC(=O)C(C)(C)NC(=O)C1CNC1.Cl. The highest BCUT2D eigenvalue weighted by Gasteiger charge is 2.34. The monoisotopic (exact) mass is 236 g/mol. The average Bonchev–Trinajstić information content (AvgIpc) is 1.98. The van der Waals surface area contributed by atoms with E-state index in [1.54, 1.807) is 13.8 Å². The second-order valence-electron chi connectivity index (χ2n) is 3.96. The summed E-state index contributed by atoms with van der Waals surface area (Å²) < 4.78 is 4.58. The van der Waals surface area contributed by atoms with Crippen molar-refractivity contribution >= 4 is 24.3 Å². The molecule has 0 aromatic rings. The molecule has 0 atom stereocenters. The quantitative estimate of drug-likeness (QED) is 0.660. The normalized spacial score (nSPS) is 15.9. The van der Waals surface area contributed by atoms with Crippen molar-refractivity contribution in [3.8, 4) is 0 Å². The van der Waals surface area contributed by atoms with Crippen LogP contribution in [-0.4, -0.2) is 37.6 Å². The molecule has 2 N–H and O–H groups in total. The molecular formula is C9H17ClN2O3. The van der Waals surface area contributed by atoms with Crippen LogP contribution in [-0.2, 0) is 14.3 Å². The van der Waals surface area contributed by atoms with E-state index in [1.165, 1.54) is 7.11 Å². The third-order valence-corrected chi connectivity index (χ3v) is 2.28. The molecule has 1 amide bonds. The number of nitrogens with one attached hydrogen (secondary N) is 2. The Balaban J connectivity index is 0.00000196. The Morgan fingerprint density at radius 1 is 1.40 bits per heavy atom. The first-order chi connectivity index (χ1) is 6.47. The summed E-state index contributed by atoms with van der Waals surface area (Å²) in [6, 6.07) is 0. The maximum Gasteiger partial charge on any atom is 0.330 e. The van der Waals surface area contributed by atoms with Gasteiger partial charge in [0.05, 0.1) is 13.0 Å². The largest absolute Gasteiger partial charge is 0.467 e. The summed E-state index contributed by atoms with van der Waals surface area (Å²) >= 11 is 0. The molecule has 5 nitrogen and oxygen atoms in total. The van der Waals surface area contributed by atoms with E-state index in [9.17, 15) is 9.59 Å². The molecule has 0 radical (unpaired) electrons. The van der Waals surface area contributed by atoms with Crippen LogP contribution >= 0.6 is 12.4 Å². The highest BCUT2D eigenvalue weighted by Crippen LogP contribution is 2.09. The number of ether oxygens (including phenoxy) is 1. The Morgan fingerprint density at radius 2 is 1.93 bits per heavy atom. The molecule has 1 rings (SSSR count). The predicted molar refractivity (Wildman–Crippen MR) is 57.8 cm³/mol. The first-order valence-electron chi connectivity index (χ1n) is 4.58. The summed E-state index contributed by atoms with van der Waals surface area (Å²) in [5, 5.41) is 5.65. The van der Waals surface area contributed by atoms with E-state index in [0.29, 0.717) is 13.1 Å². The van der Waals surface area contributed by atoms with Crippen molar-refractivity contribution in [2.24, 2.45) is 5.92 Å². The number of carbonyl (C=O) groups excluding carboxylic acids is 2. The first kappa shape index (κ1) is 14.2. The van der Waals surface area contributed by atoms with Crippen LogP contribution in [0.2, 0.25) is 0 Å². The van der Waals surface area contributed by atoms with Gasteiger partial charge in [-0.15, -0.1) is 12.4 Å². The van der Waals surface area contributed by atoms with Crippen LogP contribution < -0.4 is 10.6 Å². The molecule has 1 heterocycles. The third kappa shape index (κ3) is 3.35. The highest BCUT2D eigenvalue weighted by molar-refractivity contribution is 5.88. The van der Waals surface area contributed by atoms with Gasteiger partial charge in [-0.25, -0.2) is 4.79 Å². The zero-order valence-corrected chi connectivity index (χ0v) is 9.94. The van der Waals surface area contributed by atoms with Crippen molar-refractivity contribution in [2.75, 3.05) is 20.2 Å². The van der Waals surface area contributed by atoms with Crippen molar-refractivity contribution in [1.29, 1.82) is 0 Å². The third-order valence-electron chi connectivity index (χ3n) is 2.28. The van der Waals surface area contributed by atoms with Gasteiger partial charge in [-0.2, -0.15) is 0 Å². The van der Waals surface area contributed by atoms with E-state index in [1.807, 2.05) is 0 Å². The molecule has 0 spiro atoms. The summed E-state index contributed by atoms with van der Waals surface area (Å²) in [6.07, 6.45) is 0. The number of halogens is 1. The van der Waals surface area contributed by atoms with Gasteiger partial charge in [-0.1, -0.05) is 0 Å². The molecule has 88 valence electrons. The molecule has 1 saturated heterocycles. The van der Waals surface area contributed by atoms with Crippen LogP contribution in [0.4, 0.5) is 0 Å². The fourth-order valence-corrected chi connectivity index (χ4v) is 1.19. The number of hydrogen-bond acceptors (Lipinski definition) is 4. The van der Waals surface area contributed by atoms with E-state index in [0.717, 1.165) is 0 Å². The smallest absolute Gasteiger partial charge is 0.330 e. The van der Waals surface area contributed by atoms with Crippen molar-refractivity contribution in [1.82, 2.24) is 10.6 Å². The summed E-state index contributed by atoms with van der Waals surface area (Å²) in [6.45, 7) is 4.62. The summed E-state index contributed by atoms with van der Waals surface area (Å²) in [7, 11) is 1.31. The molecule has 15 heavy (non-hydrogen) atoms. The van der Waals surface area contributed by atoms with Gasteiger partial charge in [0.2, 0.25) is 5.91 Å². The van der Waals surface area contributed by atoms with Gasteiger partial charge in [0.1, 0.15) is 5.54 Å². The van der Waals surface area contributed by atoms with E-state index in [4.69, 9.17) is 0 Å². The van der Waals surface area contributed by atoms with E-state index >= 15 is 0 Å². The minimum atomic E-state index is -0.943. The average molecular weight is 237 g/mol. The van der Waals surface area contributed by atoms with Gasteiger partial charge in [0.15, 0.2) is 0 Å². The molecule has 0 aromatic heterocycles. The number of hydrogen-bond donors (Lipinski definition) is 2. The van der Waals surface area contributed by atoms with Crippen molar-refractivity contribution < 1.29 is 14.3 Å². The number of amides is 1. The number of rotatable bonds is 3. The lowest BCUT2D eigenvalue weighted by Gasteiger charge is -2.30. The highest BCUT2D eigenvalue weighted by atomic mass is 35.5. The van der Waals surface area contributed by atoms with E-state index in [-0.39, 0.29) is 24.2 Å². The molecule has 1 aliphatic rings. The van der Waals surface area contributed by atoms with Gasteiger partial charge in [-0.3, -0.25) is 4.79 Å². The minimum absolute atomic E-state index is 0. The van der Waals surface area contributed by atoms with Crippen LogP contribution in [0.25, 0.3) is 0 Å². The van der Waals surface area contributed by atoms with Crippen molar-refractivity contribution in [3.05, 3.63) is 0 Å².